The highest BCUT2D eigenvalue weighted by molar-refractivity contribution is 5.88. The van der Waals surface area contributed by atoms with E-state index >= 15 is 0 Å². The van der Waals surface area contributed by atoms with Crippen LogP contribution in [0.4, 0.5) is 13.2 Å². The molecule has 2 atom stereocenters. The van der Waals surface area contributed by atoms with E-state index in [0.29, 0.717) is 6.07 Å². The third-order valence-corrected chi connectivity index (χ3v) is 2.36. The summed E-state index contributed by atoms with van der Waals surface area (Å²) in [5, 5.41) is 27.8. The molecule has 0 aliphatic rings. The van der Waals surface area contributed by atoms with Gasteiger partial charge in [-0.1, -0.05) is 0 Å². The fourth-order valence-corrected chi connectivity index (χ4v) is 1.46. The first-order valence-corrected chi connectivity index (χ1v) is 5.34. The monoisotopic (exact) mass is 295 g/mol. The number of nitrogens with two attached hydrogens (primary N) is 1. The third-order valence-electron chi connectivity index (χ3n) is 2.36. The number of aliphatic hydroxyl groups is 2. The second-order valence-electron chi connectivity index (χ2n) is 3.89. The lowest BCUT2D eigenvalue weighted by Gasteiger charge is -2.18. The maximum absolute atomic E-state index is 12.1. The molecule has 20 heavy (non-hydrogen) atoms. The van der Waals surface area contributed by atoms with Crippen LogP contribution < -0.4 is 10.5 Å². The Kier molecular flexibility index (Phi) is 4.93. The second-order valence-corrected chi connectivity index (χ2v) is 3.89. The predicted octanol–water partition coefficient (Wildman–Crippen LogP) is 0.636. The number of hydrogen-bond acceptors (Lipinski definition) is 5. The molecule has 6 nitrogen and oxygen atoms in total. The molecule has 2 unspecified atom stereocenters. The van der Waals surface area contributed by atoms with E-state index in [0.717, 1.165) is 12.1 Å². The number of carbonyl (C=O) groups is 1. The number of benzene rings is 1. The zero-order chi connectivity index (χ0) is 15.5. The summed E-state index contributed by atoms with van der Waals surface area (Å²) >= 11 is 0. The maximum Gasteiger partial charge on any atom is 0.573 e. The molecular formula is C11H12F3NO5. The van der Waals surface area contributed by atoms with Crippen LogP contribution >= 0.6 is 0 Å². The van der Waals surface area contributed by atoms with Crippen molar-refractivity contribution in [3.63, 3.8) is 0 Å². The van der Waals surface area contributed by atoms with E-state index in [4.69, 9.17) is 10.8 Å². The van der Waals surface area contributed by atoms with Gasteiger partial charge in [0.25, 0.3) is 0 Å². The summed E-state index contributed by atoms with van der Waals surface area (Å²) < 4.78 is 40.0. The number of ether oxygens (including phenoxy) is 1. The fourth-order valence-electron chi connectivity index (χ4n) is 1.46. The highest BCUT2D eigenvalue weighted by Gasteiger charge is 2.32. The number of rotatable bonds is 5. The molecule has 0 amide bonds. The van der Waals surface area contributed by atoms with Crippen LogP contribution in [0.2, 0.25) is 0 Å². The molecule has 112 valence electrons. The van der Waals surface area contributed by atoms with E-state index in [1.54, 1.807) is 0 Å². The standard InChI is InChI=1S/C11H12F3NO5/c12-11(13,14)20-7-2-5(9(17)8(16)4-15)1-6(3-7)10(18)19/h1-3,8-9,16-17H,4,15H2,(H,18,19). The molecule has 1 aromatic carbocycles. The van der Waals surface area contributed by atoms with Crippen LogP contribution in [0.15, 0.2) is 18.2 Å². The van der Waals surface area contributed by atoms with Crippen molar-refractivity contribution in [1.29, 1.82) is 0 Å². The average molecular weight is 295 g/mol. The van der Waals surface area contributed by atoms with Crippen LogP contribution in [0.1, 0.15) is 22.0 Å². The molecule has 0 aromatic heterocycles. The molecular weight excluding hydrogens is 283 g/mol. The molecule has 1 aromatic rings. The van der Waals surface area contributed by atoms with Crippen molar-refractivity contribution in [2.24, 2.45) is 5.73 Å². The summed E-state index contributed by atoms with van der Waals surface area (Å²) in [4.78, 5) is 10.8. The second kappa shape index (κ2) is 6.07. The number of carboxylic acid groups (broad SMARTS) is 1. The van der Waals surface area contributed by atoms with Gasteiger partial charge in [0.2, 0.25) is 0 Å². The topological polar surface area (TPSA) is 113 Å². The Morgan fingerprint density at radius 2 is 1.90 bits per heavy atom. The quantitative estimate of drug-likeness (QED) is 0.634. The minimum Gasteiger partial charge on any atom is -0.478 e. The van der Waals surface area contributed by atoms with Gasteiger partial charge in [0.05, 0.1) is 11.7 Å². The van der Waals surface area contributed by atoms with Crippen molar-refractivity contribution in [1.82, 2.24) is 0 Å². The van der Waals surface area contributed by atoms with Gasteiger partial charge in [-0.25, -0.2) is 4.79 Å². The molecule has 0 aliphatic heterocycles. The molecule has 0 fully saturated rings. The maximum atomic E-state index is 12.1. The summed E-state index contributed by atoms with van der Waals surface area (Å²) in [6.45, 7) is -0.353. The first kappa shape index (κ1) is 16.2. The van der Waals surface area contributed by atoms with Crippen LogP contribution in [0, 0.1) is 0 Å². The smallest absolute Gasteiger partial charge is 0.478 e. The Bertz CT molecular complexity index is 491. The Morgan fingerprint density at radius 3 is 2.35 bits per heavy atom. The van der Waals surface area contributed by atoms with Crippen molar-refractivity contribution < 1.29 is 38.0 Å². The van der Waals surface area contributed by atoms with Gasteiger partial charge in [-0.3, -0.25) is 0 Å². The third kappa shape index (κ3) is 4.37. The molecule has 0 spiro atoms. The SMILES string of the molecule is NCC(O)C(O)c1cc(OC(F)(F)F)cc(C(=O)O)c1. The lowest BCUT2D eigenvalue weighted by Crippen LogP contribution is -2.27. The number of halogens is 3. The lowest BCUT2D eigenvalue weighted by atomic mass is 10.0. The number of aliphatic hydroxyl groups excluding tert-OH is 2. The first-order chi connectivity index (χ1) is 9.14. The first-order valence-electron chi connectivity index (χ1n) is 5.34. The van der Waals surface area contributed by atoms with Crippen LogP contribution in [-0.2, 0) is 0 Å². The Labute approximate surface area is 111 Å². The average Bonchev–Trinajstić information content (AvgIpc) is 2.34. The van der Waals surface area contributed by atoms with Crippen LogP contribution in [0.5, 0.6) is 5.75 Å². The van der Waals surface area contributed by atoms with Gasteiger partial charge in [-0.15, -0.1) is 13.2 Å². The predicted molar refractivity (Wildman–Crippen MR) is 60.1 cm³/mol. The summed E-state index contributed by atoms with van der Waals surface area (Å²) in [6, 6.07) is 2.36. The summed E-state index contributed by atoms with van der Waals surface area (Å²) in [6.07, 6.45) is -8.08. The summed E-state index contributed by atoms with van der Waals surface area (Å²) in [7, 11) is 0. The minimum atomic E-state index is -5.01. The van der Waals surface area contributed by atoms with Gasteiger partial charge < -0.3 is 25.8 Å². The van der Waals surface area contributed by atoms with Crippen molar-refractivity contribution in [2.45, 2.75) is 18.6 Å². The largest absolute Gasteiger partial charge is 0.573 e. The molecule has 5 N–H and O–H groups in total. The number of hydrogen-bond donors (Lipinski definition) is 4. The number of aromatic carboxylic acids is 1. The molecule has 0 saturated heterocycles. The summed E-state index contributed by atoms with van der Waals surface area (Å²) in [5.41, 5.74) is 4.34. The Balaban J connectivity index is 3.20. The zero-order valence-corrected chi connectivity index (χ0v) is 9.96. The van der Waals surface area contributed by atoms with E-state index < -0.39 is 35.9 Å². The highest BCUT2D eigenvalue weighted by atomic mass is 19.4. The van der Waals surface area contributed by atoms with Crippen LogP contribution in [0.3, 0.4) is 0 Å². The number of alkyl halides is 3. The Hall–Kier alpha value is -1.84. The van der Waals surface area contributed by atoms with Gasteiger partial charge in [0.1, 0.15) is 11.9 Å². The van der Waals surface area contributed by atoms with Crippen molar-refractivity contribution in [3.05, 3.63) is 29.3 Å². The van der Waals surface area contributed by atoms with Crippen molar-refractivity contribution in [3.8, 4) is 5.75 Å². The van der Waals surface area contributed by atoms with Crippen LogP contribution in [0.25, 0.3) is 0 Å². The van der Waals surface area contributed by atoms with E-state index in [1.807, 2.05) is 0 Å². The van der Waals surface area contributed by atoms with E-state index in [9.17, 15) is 28.2 Å². The molecule has 0 heterocycles. The minimum absolute atomic E-state index is 0.248. The molecule has 9 heteroatoms. The van der Waals surface area contributed by atoms with Gasteiger partial charge in [-0.2, -0.15) is 0 Å². The van der Waals surface area contributed by atoms with Crippen molar-refractivity contribution in [2.75, 3.05) is 6.54 Å². The Morgan fingerprint density at radius 1 is 1.30 bits per heavy atom. The van der Waals surface area contributed by atoms with E-state index in [2.05, 4.69) is 4.74 Å². The highest BCUT2D eigenvalue weighted by Crippen LogP contribution is 2.28. The van der Waals surface area contributed by atoms with Gasteiger partial charge in [0, 0.05) is 6.54 Å². The van der Waals surface area contributed by atoms with Crippen LogP contribution in [-0.4, -0.2) is 40.3 Å². The summed E-state index contributed by atoms with van der Waals surface area (Å²) in [5.74, 6) is -2.32. The van der Waals surface area contributed by atoms with Gasteiger partial charge in [-0.05, 0) is 23.8 Å². The van der Waals surface area contributed by atoms with E-state index in [-0.39, 0.29) is 12.1 Å². The molecule has 1 rings (SSSR count). The lowest BCUT2D eigenvalue weighted by molar-refractivity contribution is -0.274. The zero-order valence-electron chi connectivity index (χ0n) is 9.96. The van der Waals surface area contributed by atoms with Crippen molar-refractivity contribution >= 4 is 5.97 Å². The van der Waals surface area contributed by atoms with E-state index in [1.165, 1.54) is 0 Å². The number of carboxylic acids is 1. The molecule has 0 bridgehead atoms. The molecule has 0 aliphatic carbocycles. The normalized spacial score (nSPS) is 14.7. The fraction of sp³-hybridized carbons (Fsp3) is 0.364. The molecule has 0 radical (unpaired) electrons. The molecule has 0 saturated carbocycles. The van der Waals surface area contributed by atoms with Gasteiger partial charge >= 0.3 is 12.3 Å². The van der Waals surface area contributed by atoms with Gasteiger partial charge in [0.15, 0.2) is 0 Å².